The minimum Gasteiger partial charge on any atom is -0.253 e. The van der Waals surface area contributed by atoms with Crippen molar-refractivity contribution in [2.45, 2.75) is 11.3 Å². The fraction of sp³-hybridized carbons (Fsp3) is 0.167. The summed E-state index contributed by atoms with van der Waals surface area (Å²) in [6.45, 7) is 0. The molecule has 1 aromatic heterocycles. The fourth-order valence-electron chi connectivity index (χ4n) is 0.889. The van der Waals surface area contributed by atoms with Crippen molar-refractivity contribution >= 4 is 41.9 Å². The highest BCUT2D eigenvalue weighted by atomic mass is 79.9. The molecule has 0 saturated heterocycles. The smallest absolute Gasteiger partial charge is 0.253 e. The van der Waals surface area contributed by atoms with Crippen LogP contribution < -0.4 is 5.14 Å². The van der Waals surface area contributed by atoms with Crippen molar-refractivity contribution in [3.63, 3.8) is 0 Å². The van der Waals surface area contributed by atoms with E-state index in [1.807, 2.05) is 0 Å². The van der Waals surface area contributed by atoms with E-state index in [0.717, 1.165) is 6.20 Å². The summed E-state index contributed by atoms with van der Waals surface area (Å²) >= 11 is 5.80. The average Bonchev–Trinajstić information content (AvgIpc) is 2.06. The first kappa shape index (κ1) is 12.9. The molecule has 2 N–H and O–H groups in total. The molecule has 0 spiro atoms. The van der Waals surface area contributed by atoms with E-state index in [0.29, 0.717) is 0 Å². The average molecular weight is 366 g/mol. The zero-order chi connectivity index (χ0) is 11.8. The molecule has 0 saturated carbocycles. The number of alkyl halides is 2. The van der Waals surface area contributed by atoms with Crippen molar-refractivity contribution in [2.75, 3.05) is 0 Å². The molecule has 0 amide bonds. The van der Waals surface area contributed by atoms with Gasteiger partial charge in [0.1, 0.15) is 10.6 Å². The Morgan fingerprint density at radius 3 is 2.33 bits per heavy atom. The number of nitrogens with two attached hydrogens (primary N) is 1. The molecule has 1 heterocycles. The van der Waals surface area contributed by atoms with E-state index in [2.05, 4.69) is 36.8 Å². The van der Waals surface area contributed by atoms with Gasteiger partial charge in [0.05, 0.1) is 8.95 Å². The van der Waals surface area contributed by atoms with Crippen LogP contribution in [0.4, 0.5) is 8.78 Å². The molecule has 0 aliphatic rings. The summed E-state index contributed by atoms with van der Waals surface area (Å²) < 4.78 is 47.2. The lowest BCUT2D eigenvalue weighted by Gasteiger charge is -2.08. The molecule has 0 aliphatic carbocycles. The summed E-state index contributed by atoms with van der Waals surface area (Å²) in [5, 5.41) is 4.81. The van der Waals surface area contributed by atoms with Gasteiger partial charge in [0, 0.05) is 6.20 Å². The van der Waals surface area contributed by atoms with Crippen LogP contribution in [0, 0.1) is 0 Å². The largest absolute Gasteiger partial charge is 0.281 e. The molecule has 1 aromatic rings. The van der Waals surface area contributed by atoms with E-state index in [1.165, 1.54) is 0 Å². The molecular weight excluding hydrogens is 362 g/mol. The predicted molar refractivity (Wildman–Crippen MR) is 56.0 cm³/mol. The zero-order valence-electron chi connectivity index (χ0n) is 6.92. The first-order valence-corrected chi connectivity index (χ1v) is 6.53. The van der Waals surface area contributed by atoms with Crippen molar-refractivity contribution in [2.24, 2.45) is 5.14 Å². The highest BCUT2D eigenvalue weighted by Crippen LogP contribution is 2.34. The van der Waals surface area contributed by atoms with Gasteiger partial charge in [-0.1, -0.05) is 0 Å². The topological polar surface area (TPSA) is 73.1 Å². The molecule has 1 rings (SSSR count). The quantitative estimate of drug-likeness (QED) is 0.873. The lowest BCUT2D eigenvalue weighted by Crippen LogP contribution is -2.16. The van der Waals surface area contributed by atoms with E-state index in [1.54, 1.807) is 0 Å². The Kier molecular flexibility index (Phi) is 3.80. The summed E-state index contributed by atoms with van der Waals surface area (Å²) in [6.07, 6.45) is -1.94. The number of aromatic nitrogens is 1. The summed E-state index contributed by atoms with van der Waals surface area (Å²) in [6, 6.07) is 0. The maximum absolute atomic E-state index is 12.5. The summed E-state index contributed by atoms with van der Waals surface area (Å²) in [5.74, 6) is 0. The summed E-state index contributed by atoms with van der Waals surface area (Å²) in [5.41, 5.74) is -0.868. The molecule has 0 atom stereocenters. The van der Waals surface area contributed by atoms with Crippen molar-refractivity contribution in [3.8, 4) is 0 Å². The number of pyridine rings is 1. The Balaban J connectivity index is 3.65. The first-order valence-electron chi connectivity index (χ1n) is 3.40. The van der Waals surface area contributed by atoms with Gasteiger partial charge in [-0.15, -0.1) is 0 Å². The molecular formula is C6H4Br2F2N2O2S. The third-order valence-electron chi connectivity index (χ3n) is 1.45. The number of halogens is 4. The van der Waals surface area contributed by atoms with Gasteiger partial charge in [-0.25, -0.2) is 22.3 Å². The number of hydrogen-bond acceptors (Lipinski definition) is 3. The molecule has 0 radical (unpaired) electrons. The maximum atomic E-state index is 12.5. The van der Waals surface area contributed by atoms with Crippen LogP contribution in [0.15, 0.2) is 20.0 Å². The van der Waals surface area contributed by atoms with Crippen molar-refractivity contribution in [1.82, 2.24) is 4.98 Å². The van der Waals surface area contributed by atoms with Crippen LogP contribution in [0.25, 0.3) is 0 Å². The van der Waals surface area contributed by atoms with E-state index in [-0.39, 0.29) is 8.95 Å². The minimum atomic E-state index is -4.25. The fourth-order valence-corrected chi connectivity index (χ4v) is 3.10. The van der Waals surface area contributed by atoms with Crippen LogP contribution >= 0.6 is 31.9 Å². The highest BCUT2D eigenvalue weighted by molar-refractivity contribution is 9.13. The van der Waals surface area contributed by atoms with Crippen molar-refractivity contribution in [3.05, 3.63) is 20.8 Å². The first-order chi connectivity index (χ1) is 6.75. The molecule has 0 bridgehead atoms. The van der Waals surface area contributed by atoms with Gasteiger partial charge >= 0.3 is 0 Å². The SMILES string of the molecule is NS(=O)(=O)c1c(C(F)F)ncc(Br)c1Br. The maximum Gasteiger partial charge on any atom is 0.281 e. The van der Waals surface area contributed by atoms with Gasteiger partial charge in [0.15, 0.2) is 0 Å². The lowest BCUT2D eigenvalue weighted by molar-refractivity contribution is 0.142. The van der Waals surface area contributed by atoms with Gasteiger partial charge < -0.3 is 0 Å². The third kappa shape index (κ3) is 2.71. The predicted octanol–water partition coefficient (Wildman–Crippen LogP) is 2.19. The van der Waals surface area contributed by atoms with Crippen molar-refractivity contribution < 1.29 is 17.2 Å². The number of hydrogen-bond donors (Lipinski definition) is 1. The second-order valence-corrected chi connectivity index (χ2v) is 5.63. The van der Waals surface area contributed by atoms with Crippen molar-refractivity contribution in [1.29, 1.82) is 0 Å². The van der Waals surface area contributed by atoms with Crippen LogP contribution in [0.1, 0.15) is 12.1 Å². The highest BCUT2D eigenvalue weighted by Gasteiger charge is 2.26. The van der Waals surface area contributed by atoms with E-state index in [9.17, 15) is 17.2 Å². The Bertz CT molecular complexity index is 492. The number of nitrogens with zero attached hydrogens (tertiary/aromatic N) is 1. The normalized spacial score (nSPS) is 12.1. The lowest BCUT2D eigenvalue weighted by atomic mass is 10.3. The Morgan fingerprint density at radius 2 is 1.93 bits per heavy atom. The van der Waals surface area contributed by atoms with Gasteiger partial charge in [-0.05, 0) is 31.9 Å². The van der Waals surface area contributed by atoms with Gasteiger partial charge in [0.25, 0.3) is 6.43 Å². The van der Waals surface area contributed by atoms with Crippen LogP contribution in [0.5, 0.6) is 0 Å². The standard InChI is InChI=1S/C6H4Br2F2N2O2S/c7-2-1-12-4(6(9)10)5(3(2)8)15(11,13)14/h1,6H,(H2,11,13,14). The summed E-state index contributed by atoms with van der Waals surface area (Å²) in [4.78, 5) is 2.62. The number of sulfonamides is 1. The molecule has 0 aromatic carbocycles. The van der Waals surface area contributed by atoms with E-state index in [4.69, 9.17) is 5.14 Å². The van der Waals surface area contributed by atoms with E-state index < -0.39 is 27.0 Å². The van der Waals surface area contributed by atoms with E-state index >= 15 is 0 Å². The Morgan fingerprint density at radius 1 is 1.40 bits per heavy atom. The minimum absolute atomic E-state index is 0.0599. The molecule has 0 unspecified atom stereocenters. The number of rotatable bonds is 2. The van der Waals surface area contributed by atoms with Gasteiger partial charge in [-0.3, -0.25) is 4.98 Å². The third-order valence-corrected chi connectivity index (χ3v) is 4.65. The molecule has 15 heavy (non-hydrogen) atoms. The van der Waals surface area contributed by atoms with Crippen LogP contribution in [-0.4, -0.2) is 13.4 Å². The molecule has 0 aliphatic heterocycles. The van der Waals surface area contributed by atoms with Crippen LogP contribution in [0.2, 0.25) is 0 Å². The summed E-state index contributed by atoms with van der Waals surface area (Å²) in [7, 11) is -4.25. The zero-order valence-corrected chi connectivity index (χ0v) is 10.9. The molecule has 0 fully saturated rings. The molecule has 4 nitrogen and oxygen atoms in total. The second-order valence-electron chi connectivity index (χ2n) is 2.48. The number of primary sulfonamides is 1. The Labute approximate surface area is 101 Å². The van der Waals surface area contributed by atoms with Gasteiger partial charge in [-0.2, -0.15) is 0 Å². The van der Waals surface area contributed by atoms with Gasteiger partial charge in [0.2, 0.25) is 10.0 Å². The Hall–Kier alpha value is -0.120. The van der Waals surface area contributed by atoms with Crippen LogP contribution in [0.3, 0.4) is 0 Å². The second kappa shape index (κ2) is 4.40. The molecule has 84 valence electrons. The molecule has 9 heteroatoms. The monoisotopic (exact) mass is 364 g/mol. The van der Waals surface area contributed by atoms with Crippen LogP contribution in [-0.2, 0) is 10.0 Å².